The lowest BCUT2D eigenvalue weighted by molar-refractivity contribution is -1.03. The van der Waals surface area contributed by atoms with Crippen LogP contribution in [0.5, 0.6) is 0 Å². The van der Waals surface area contributed by atoms with Crippen molar-refractivity contribution in [3.8, 4) is 0 Å². The van der Waals surface area contributed by atoms with E-state index in [9.17, 15) is 0 Å². The standard InChI is InChI=1S/C17H26N2/c1-15-7-8-17(13-15)19-11-9-18(10-12-19)14-16-5-3-2-4-6-16/h2-6,15,17H,7-14H2,1H3/p+2/t15-,17+/m1/s1. The highest BCUT2D eigenvalue weighted by atomic mass is 15.3. The van der Waals surface area contributed by atoms with E-state index in [1.807, 2.05) is 4.90 Å². The maximum Gasteiger partial charge on any atom is 0.127 e. The van der Waals surface area contributed by atoms with Crippen molar-refractivity contribution in [3.05, 3.63) is 35.9 Å². The molecule has 2 heteroatoms. The lowest BCUT2D eigenvalue weighted by atomic mass is 10.1. The second kappa shape index (κ2) is 6.06. The maximum absolute atomic E-state index is 2.43. The van der Waals surface area contributed by atoms with Gasteiger partial charge in [0.05, 0.1) is 6.04 Å². The molecule has 1 aliphatic heterocycles. The summed E-state index contributed by atoms with van der Waals surface area (Å²) in [7, 11) is 0. The van der Waals surface area contributed by atoms with Crippen LogP contribution in [0, 0.1) is 5.92 Å². The Bertz CT molecular complexity index is 382. The van der Waals surface area contributed by atoms with Gasteiger partial charge in [-0.05, 0) is 18.8 Å². The molecule has 3 rings (SSSR count). The Kier molecular flexibility index (Phi) is 4.19. The average Bonchev–Trinajstić information content (AvgIpc) is 2.87. The van der Waals surface area contributed by atoms with Gasteiger partial charge in [-0.15, -0.1) is 0 Å². The van der Waals surface area contributed by atoms with Crippen molar-refractivity contribution in [1.29, 1.82) is 0 Å². The number of benzene rings is 1. The summed E-state index contributed by atoms with van der Waals surface area (Å²) >= 11 is 0. The Labute approximate surface area is 117 Å². The first-order valence-corrected chi connectivity index (χ1v) is 8.03. The Morgan fingerprint density at radius 3 is 2.37 bits per heavy atom. The minimum absolute atomic E-state index is 0.979. The van der Waals surface area contributed by atoms with Gasteiger partial charge in [0.25, 0.3) is 0 Å². The summed E-state index contributed by atoms with van der Waals surface area (Å²) in [6, 6.07) is 12.0. The fourth-order valence-corrected chi connectivity index (χ4v) is 3.97. The monoisotopic (exact) mass is 260 g/mol. The molecule has 104 valence electrons. The minimum Gasteiger partial charge on any atom is -0.323 e. The predicted octanol–water partition coefficient (Wildman–Crippen LogP) is 0.159. The Morgan fingerprint density at radius 1 is 1.00 bits per heavy atom. The highest BCUT2D eigenvalue weighted by Crippen LogP contribution is 2.22. The first-order chi connectivity index (χ1) is 9.31. The third-order valence-electron chi connectivity index (χ3n) is 5.17. The van der Waals surface area contributed by atoms with Crippen LogP contribution in [-0.2, 0) is 6.54 Å². The smallest absolute Gasteiger partial charge is 0.127 e. The van der Waals surface area contributed by atoms with E-state index in [1.165, 1.54) is 57.5 Å². The molecule has 1 saturated carbocycles. The van der Waals surface area contributed by atoms with E-state index in [-0.39, 0.29) is 0 Å². The predicted molar refractivity (Wildman–Crippen MR) is 78.3 cm³/mol. The molecule has 0 spiro atoms. The van der Waals surface area contributed by atoms with Gasteiger partial charge in [0.15, 0.2) is 0 Å². The number of rotatable bonds is 3. The van der Waals surface area contributed by atoms with E-state index in [0.29, 0.717) is 0 Å². The van der Waals surface area contributed by atoms with Crippen LogP contribution in [0.2, 0.25) is 0 Å². The second-order valence-electron chi connectivity index (χ2n) is 6.69. The van der Waals surface area contributed by atoms with Gasteiger partial charge in [-0.3, -0.25) is 0 Å². The second-order valence-corrected chi connectivity index (χ2v) is 6.69. The third kappa shape index (κ3) is 3.37. The highest BCUT2D eigenvalue weighted by Gasteiger charge is 2.33. The van der Waals surface area contributed by atoms with Gasteiger partial charge in [0.2, 0.25) is 0 Å². The van der Waals surface area contributed by atoms with E-state index in [4.69, 9.17) is 0 Å². The topological polar surface area (TPSA) is 8.88 Å². The van der Waals surface area contributed by atoms with Crippen molar-refractivity contribution in [3.63, 3.8) is 0 Å². The minimum atomic E-state index is 0.979. The Hall–Kier alpha value is -0.860. The Balaban J connectivity index is 1.47. The molecule has 2 fully saturated rings. The van der Waals surface area contributed by atoms with Gasteiger partial charge < -0.3 is 9.80 Å². The molecule has 2 atom stereocenters. The average molecular weight is 260 g/mol. The SMILES string of the molecule is C[C@@H]1CC[C@H]([NH+]2CC[NH+](Cc3ccccc3)CC2)C1. The fraction of sp³-hybridized carbons (Fsp3) is 0.647. The summed E-state index contributed by atoms with van der Waals surface area (Å²) in [6.45, 7) is 9.13. The summed E-state index contributed by atoms with van der Waals surface area (Å²) in [5.41, 5.74) is 1.50. The first-order valence-electron chi connectivity index (χ1n) is 8.03. The van der Waals surface area contributed by atoms with Gasteiger partial charge in [0.1, 0.15) is 32.7 Å². The first kappa shape index (κ1) is 13.1. The van der Waals surface area contributed by atoms with Gasteiger partial charge >= 0.3 is 0 Å². The molecular formula is C17H28N2+2. The van der Waals surface area contributed by atoms with E-state index in [2.05, 4.69) is 37.3 Å². The summed E-state index contributed by atoms with van der Waals surface area (Å²) in [6.07, 6.45) is 4.42. The summed E-state index contributed by atoms with van der Waals surface area (Å²) in [4.78, 5) is 3.68. The zero-order valence-electron chi connectivity index (χ0n) is 12.2. The number of quaternary nitrogens is 2. The maximum atomic E-state index is 2.43. The van der Waals surface area contributed by atoms with Crippen LogP contribution >= 0.6 is 0 Å². The van der Waals surface area contributed by atoms with Crippen molar-refractivity contribution < 1.29 is 9.80 Å². The van der Waals surface area contributed by atoms with Crippen molar-refractivity contribution in [2.75, 3.05) is 26.2 Å². The van der Waals surface area contributed by atoms with Crippen LogP contribution in [0.4, 0.5) is 0 Å². The molecule has 1 aromatic carbocycles. The van der Waals surface area contributed by atoms with E-state index < -0.39 is 0 Å². The van der Waals surface area contributed by atoms with Crippen LogP contribution in [-0.4, -0.2) is 32.2 Å². The lowest BCUT2D eigenvalue weighted by Crippen LogP contribution is -3.29. The Morgan fingerprint density at radius 2 is 1.74 bits per heavy atom. The molecule has 1 saturated heterocycles. The molecule has 0 radical (unpaired) electrons. The highest BCUT2D eigenvalue weighted by molar-refractivity contribution is 5.13. The van der Waals surface area contributed by atoms with Crippen LogP contribution in [0.15, 0.2) is 30.3 Å². The number of hydrogen-bond acceptors (Lipinski definition) is 0. The normalized spacial score (nSPS) is 35.4. The quantitative estimate of drug-likeness (QED) is 0.766. The van der Waals surface area contributed by atoms with Crippen molar-refractivity contribution in [2.24, 2.45) is 5.92 Å². The van der Waals surface area contributed by atoms with Crippen LogP contribution in [0.25, 0.3) is 0 Å². The van der Waals surface area contributed by atoms with Gasteiger partial charge in [-0.1, -0.05) is 37.3 Å². The van der Waals surface area contributed by atoms with Crippen molar-refractivity contribution in [1.82, 2.24) is 0 Å². The fourth-order valence-electron chi connectivity index (χ4n) is 3.97. The van der Waals surface area contributed by atoms with Crippen LogP contribution in [0.1, 0.15) is 31.7 Å². The number of hydrogen-bond donors (Lipinski definition) is 2. The van der Waals surface area contributed by atoms with Gasteiger partial charge in [0, 0.05) is 12.0 Å². The molecule has 1 heterocycles. The summed E-state index contributed by atoms with van der Waals surface area (Å²) in [5, 5.41) is 0. The van der Waals surface area contributed by atoms with Gasteiger partial charge in [-0.25, -0.2) is 0 Å². The number of nitrogens with one attached hydrogen (secondary N) is 2. The van der Waals surface area contributed by atoms with Crippen molar-refractivity contribution in [2.45, 2.75) is 38.8 Å². The molecule has 0 unspecified atom stereocenters. The molecule has 19 heavy (non-hydrogen) atoms. The molecule has 0 amide bonds. The molecule has 1 aliphatic carbocycles. The molecule has 2 aliphatic rings. The summed E-state index contributed by atoms with van der Waals surface area (Å²) < 4.78 is 0. The molecule has 2 nitrogen and oxygen atoms in total. The molecule has 1 aromatic rings. The lowest BCUT2D eigenvalue weighted by Gasteiger charge is -2.33. The third-order valence-corrected chi connectivity index (χ3v) is 5.17. The number of piperazine rings is 1. The van der Waals surface area contributed by atoms with Gasteiger partial charge in [-0.2, -0.15) is 0 Å². The molecule has 0 bridgehead atoms. The zero-order valence-corrected chi connectivity index (χ0v) is 12.2. The molecular weight excluding hydrogens is 232 g/mol. The summed E-state index contributed by atoms with van der Waals surface area (Å²) in [5.74, 6) is 0.979. The molecule has 2 N–H and O–H groups in total. The van der Waals surface area contributed by atoms with E-state index in [0.717, 1.165) is 12.0 Å². The van der Waals surface area contributed by atoms with Crippen LogP contribution < -0.4 is 9.80 Å². The van der Waals surface area contributed by atoms with E-state index in [1.54, 1.807) is 4.90 Å². The molecule has 0 aromatic heterocycles. The largest absolute Gasteiger partial charge is 0.323 e. The zero-order chi connectivity index (χ0) is 13.1. The van der Waals surface area contributed by atoms with E-state index >= 15 is 0 Å². The van der Waals surface area contributed by atoms with Crippen LogP contribution in [0.3, 0.4) is 0 Å². The van der Waals surface area contributed by atoms with Crippen molar-refractivity contribution >= 4 is 0 Å².